The molecule has 0 bridgehead atoms. The van der Waals surface area contributed by atoms with Gasteiger partial charge in [0.2, 0.25) is 0 Å². The summed E-state index contributed by atoms with van der Waals surface area (Å²) in [5.41, 5.74) is 7.79. The zero-order valence-corrected chi connectivity index (χ0v) is 25.2. The molecule has 1 saturated carbocycles. The van der Waals surface area contributed by atoms with E-state index in [9.17, 15) is 0 Å². The highest BCUT2D eigenvalue weighted by molar-refractivity contribution is 5.15. The Morgan fingerprint density at radius 2 is 1.74 bits per heavy atom. The van der Waals surface area contributed by atoms with E-state index in [0.717, 1.165) is 60.3 Å². The first-order valence-electron chi connectivity index (χ1n) is 17.0. The second kappa shape index (κ2) is 14.5. The van der Waals surface area contributed by atoms with Gasteiger partial charge in [-0.25, -0.2) is 0 Å². The number of hydrogen-bond acceptors (Lipinski definition) is 2. The average Bonchev–Trinajstić information content (AvgIpc) is 2.99. The maximum absolute atomic E-state index is 6.31. The van der Waals surface area contributed by atoms with Crippen molar-refractivity contribution in [3.8, 4) is 0 Å². The van der Waals surface area contributed by atoms with Crippen LogP contribution in [-0.4, -0.2) is 19.1 Å². The lowest BCUT2D eigenvalue weighted by molar-refractivity contribution is 0.0417. The third-order valence-electron chi connectivity index (χ3n) is 11.5. The summed E-state index contributed by atoms with van der Waals surface area (Å²) in [4.78, 5) is 0. The van der Waals surface area contributed by atoms with Gasteiger partial charge in [-0.2, -0.15) is 0 Å². The van der Waals surface area contributed by atoms with Crippen molar-refractivity contribution in [1.82, 2.24) is 5.32 Å². The number of nitrogens with one attached hydrogen (secondary N) is 1. The zero-order valence-electron chi connectivity index (χ0n) is 25.2. The largest absolute Gasteiger partial charge is 0.327 e. The Morgan fingerprint density at radius 3 is 2.56 bits per heavy atom. The molecule has 39 heavy (non-hydrogen) atoms. The minimum atomic E-state index is 0.554. The highest BCUT2D eigenvalue weighted by Crippen LogP contribution is 2.52. The number of allylic oxidation sites excluding steroid dienone is 8. The van der Waals surface area contributed by atoms with Gasteiger partial charge in [0.1, 0.15) is 0 Å². The zero-order chi connectivity index (χ0) is 27.0. The first-order valence-corrected chi connectivity index (χ1v) is 17.0. The van der Waals surface area contributed by atoms with Crippen molar-refractivity contribution in [2.45, 2.75) is 103 Å². The lowest BCUT2D eigenvalue weighted by Crippen LogP contribution is -2.41. The normalized spacial score (nSPS) is 37.8. The summed E-state index contributed by atoms with van der Waals surface area (Å²) in [7, 11) is 0. The van der Waals surface area contributed by atoms with Crippen LogP contribution in [0.3, 0.4) is 0 Å². The average molecular weight is 531 g/mol. The van der Waals surface area contributed by atoms with E-state index in [2.05, 4.69) is 73.8 Å². The molecule has 10 atom stereocenters. The van der Waals surface area contributed by atoms with Gasteiger partial charge in [-0.05, 0) is 137 Å². The molecule has 0 aliphatic heterocycles. The molecule has 0 spiro atoms. The van der Waals surface area contributed by atoms with E-state index in [4.69, 9.17) is 5.73 Å². The maximum atomic E-state index is 6.31. The quantitative estimate of drug-likeness (QED) is 0.262. The molecule has 216 valence electrons. The monoisotopic (exact) mass is 530 g/mol. The molecular weight excluding hydrogens is 472 g/mol. The predicted octanol–water partition coefficient (Wildman–Crippen LogP) is 8.78. The molecule has 0 saturated heterocycles. The third kappa shape index (κ3) is 7.28. The van der Waals surface area contributed by atoms with Crippen LogP contribution in [0.4, 0.5) is 0 Å². The Bertz CT molecular complexity index is 908. The van der Waals surface area contributed by atoms with Crippen molar-refractivity contribution in [3.63, 3.8) is 0 Å². The molecule has 0 aromatic heterocycles. The highest BCUT2D eigenvalue weighted by atomic mass is 14.9. The van der Waals surface area contributed by atoms with E-state index >= 15 is 0 Å². The van der Waals surface area contributed by atoms with Gasteiger partial charge in [-0.3, -0.25) is 0 Å². The molecule has 0 heterocycles. The van der Waals surface area contributed by atoms with E-state index in [1.54, 1.807) is 0 Å². The van der Waals surface area contributed by atoms with E-state index in [1.807, 2.05) is 0 Å². The van der Waals surface area contributed by atoms with Crippen molar-refractivity contribution in [2.24, 2.45) is 59.0 Å². The van der Waals surface area contributed by atoms with Gasteiger partial charge in [0.25, 0.3) is 0 Å². The molecule has 0 amide bonds. The van der Waals surface area contributed by atoms with Crippen LogP contribution in [0.15, 0.2) is 60.3 Å². The summed E-state index contributed by atoms with van der Waals surface area (Å²) in [5.74, 6) is 7.27. The molecule has 5 aliphatic carbocycles. The van der Waals surface area contributed by atoms with E-state index < -0.39 is 0 Å². The highest BCUT2D eigenvalue weighted by Gasteiger charge is 2.44. The van der Waals surface area contributed by atoms with Gasteiger partial charge in [-0.15, -0.1) is 0 Å². The number of nitrogens with two attached hydrogens (primary N) is 1. The minimum absolute atomic E-state index is 0.554. The first-order chi connectivity index (χ1) is 19.2. The van der Waals surface area contributed by atoms with Crippen LogP contribution in [0.5, 0.6) is 0 Å². The standard InChI is InChI=1S/C37H58N2/c1-3-11-31(25-38)32(26-39-33-14-5-4-6-15-33)19-18-27(2)34-22-23-35(37-17-10-9-16-36(34)37)30-21-20-28-12-7-8-13-29(28)24-30/h5,7,10-12,14,17,20-21,27-30,32-37,39H,3-4,6,8-9,13,15-16,18-19,22-26,38H2,1-2H3/b31-11+. The van der Waals surface area contributed by atoms with Crippen LogP contribution in [-0.2, 0) is 0 Å². The SMILES string of the molecule is CC/C=C(\CN)C(CCC(C)C1CCC(C2C=CC3C=CCCC3C2)C2C=CCCC21)CNC1C=CCCC1. The number of hydrogen-bond donors (Lipinski definition) is 2. The van der Waals surface area contributed by atoms with Crippen molar-refractivity contribution in [1.29, 1.82) is 0 Å². The second-order valence-electron chi connectivity index (χ2n) is 13.8. The van der Waals surface area contributed by atoms with Gasteiger partial charge in [0.15, 0.2) is 0 Å². The van der Waals surface area contributed by atoms with Gasteiger partial charge < -0.3 is 11.1 Å². The van der Waals surface area contributed by atoms with Crippen LogP contribution < -0.4 is 11.1 Å². The fourth-order valence-corrected chi connectivity index (χ4v) is 9.31. The lowest BCUT2D eigenvalue weighted by Gasteiger charge is -2.49. The molecule has 0 aromatic carbocycles. The van der Waals surface area contributed by atoms with Gasteiger partial charge in [0.05, 0.1) is 0 Å². The molecule has 3 N–H and O–H groups in total. The van der Waals surface area contributed by atoms with E-state index in [0.29, 0.717) is 18.5 Å². The van der Waals surface area contributed by atoms with Gasteiger partial charge in [0, 0.05) is 19.1 Å². The summed E-state index contributed by atoms with van der Waals surface area (Å²) in [6.07, 6.45) is 39.8. The maximum Gasteiger partial charge on any atom is 0.0250 e. The predicted molar refractivity (Wildman–Crippen MR) is 168 cm³/mol. The molecule has 0 radical (unpaired) electrons. The fraction of sp³-hybridized carbons (Fsp3) is 0.730. The Kier molecular flexibility index (Phi) is 10.8. The lowest BCUT2D eigenvalue weighted by atomic mass is 9.56. The number of rotatable bonds is 11. The van der Waals surface area contributed by atoms with Crippen LogP contribution in [0, 0.1) is 53.3 Å². The minimum Gasteiger partial charge on any atom is -0.327 e. The Morgan fingerprint density at radius 1 is 0.897 bits per heavy atom. The van der Waals surface area contributed by atoms with Crippen molar-refractivity contribution >= 4 is 0 Å². The van der Waals surface area contributed by atoms with Crippen LogP contribution in [0.25, 0.3) is 0 Å². The molecule has 0 aromatic rings. The molecule has 1 fully saturated rings. The Balaban J connectivity index is 1.21. The first kappa shape index (κ1) is 29.1. The molecular formula is C37H58N2. The number of fused-ring (bicyclic) bond motifs is 2. The molecule has 2 heteroatoms. The fourth-order valence-electron chi connectivity index (χ4n) is 9.31. The summed E-state index contributed by atoms with van der Waals surface area (Å²) in [6.45, 7) is 6.65. The third-order valence-corrected chi connectivity index (χ3v) is 11.5. The molecule has 2 nitrogen and oxygen atoms in total. The topological polar surface area (TPSA) is 38.0 Å². The van der Waals surface area contributed by atoms with Crippen molar-refractivity contribution < 1.29 is 0 Å². The van der Waals surface area contributed by atoms with Crippen LogP contribution in [0.1, 0.15) is 97.3 Å². The Labute approximate surface area is 240 Å². The smallest absolute Gasteiger partial charge is 0.0250 e. The van der Waals surface area contributed by atoms with Crippen LogP contribution >= 0.6 is 0 Å². The summed E-state index contributed by atoms with van der Waals surface area (Å²) < 4.78 is 0. The van der Waals surface area contributed by atoms with Gasteiger partial charge in [-0.1, -0.05) is 74.1 Å². The van der Waals surface area contributed by atoms with Crippen molar-refractivity contribution in [2.75, 3.05) is 13.1 Å². The van der Waals surface area contributed by atoms with E-state index in [1.165, 1.54) is 82.6 Å². The summed E-state index contributed by atoms with van der Waals surface area (Å²) in [5, 5.41) is 3.90. The second-order valence-corrected chi connectivity index (χ2v) is 13.8. The summed E-state index contributed by atoms with van der Waals surface area (Å²) >= 11 is 0. The Hall–Kier alpha value is -1.38. The van der Waals surface area contributed by atoms with Crippen molar-refractivity contribution in [3.05, 3.63) is 60.3 Å². The van der Waals surface area contributed by atoms with Crippen LogP contribution in [0.2, 0.25) is 0 Å². The van der Waals surface area contributed by atoms with Gasteiger partial charge >= 0.3 is 0 Å². The molecule has 10 unspecified atom stereocenters. The molecule has 5 aliphatic rings. The summed E-state index contributed by atoms with van der Waals surface area (Å²) in [6, 6.07) is 0.554. The van der Waals surface area contributed by atoms with E-state index in [-0.39, 0.29) is 0 Å². The molecule has 5 rings (SSSR count).